The predicted octanol–water partition coefficient (Wildman–Crippen LogP) is 2.49. The fourth-order valence-electron chi connectivity index (χ4n) is 2.43. The Bertz CT molecular complexity index is 344. The van der Waals surface area contributed by atoms with Crippen molar-refractivity contribution in [1.29, 1.82) is 0 Å². The molecule has 0 aromatic heterocycles. The van der Waals surface area contributed by atoms with E-state index in [2.05, 4.69) is 38.2 Å². The summed E-state index contributed by atoms with van der Waals surface area (Å²) < 4.78 is 5.36. The first kappa shape index (κ1) is 11.6. The van der Waals surface area contributed by atoms with Gasteiger partial charge >= 0.3 is 0 Å². The minimum Gasteiger partial charge on any atom is -0.380 e. The van der Waals surface area contributed by atoms with Crippen molar-refractivity contribution in [3.05, 3.63) is 34.4 Å². The standard InChI is InChI=1S/C14H21NO/c1-10-6-11(2)14(12(3)7-10)8-15-13-4-5-16-9-13/h6-7,13,15H,4-5,8-9H2,1-3H3. The van der Waals surface area contributed by atoms with E-state index in [9.17, 15) is 0 Å². The number of benzene rings is 1. The van der Waals surface area contributed by atoms with Crippen molar-refractivity contribution in [2.24, 2.45) is 0 Å². The van der Waals surface area contributed by atoms with Crippen molar-refractivity contribution in [2.45, 2.75) is 39.8 Å². The van der Waals surface area contributed by atoms with E-state index in [1.54, 1.807) is 0 Å². The molecule has 0 radical (unpaired) electrons. The van der Waals surface area contributed by atoms with Gasteiger partial charge in [-0.05, 0) is 43.9 Å². The molecule has 0 spiro atoms. The number of ether oxygens (including phenoxy) is 1. The summed E-state index contributed by atoms with van der Waals surface area (Å²) in [7, 11) is 0. The Kier molecular flexibility index (Phi) is 3.62. The minimum atomic E-state index is 0.542. The maximum Gasteiger partial charge on any atom is 0.0620 e. The first-order chi connectivity index (χ1) is 7.66. The van der Waals surface area contributed by atoms with Crippen LogP contribution in [0.2, 0.25) is 0 Å². The molecular formula is C14H21NO. The Morgan fingerprint density at radius 2 is 1.94 bits per heavy atom. The van der Waals surface area contributed by atoms with Crippen molar-refractivity contribution in [2.75, 3.05) is 13.2 Å². The maximum atomic E-state index is 5.36. The van der Waals surface area contributed by atoms with Gasteiger partial charge in [-0.2, -0.15) is 0 Å². The fraction of sp³-hybridized carbons (Fsp3) is 0.571. The topological polar surface area (TPSA) is 21.3 Å². The summed E-state index contributed by atoms with van der Waals surface area (Å²) in [5, 5.41) is 3.57. The van der Waals surface area contributed by atoms with Crippen LogP contribution in [0.3, 0.4) is 0 Å². The van der Waals surface area contributed by atoms with Gasteiger partial charge in [0.2, 0.25) is 0 Å². The molecule has 16 heavy (non-hydrogen) atoms. The Morgan fingerprint density at radius 3 is 2.50 bits per heavy atom. The third kappa shape index (κ3) is 2.63. The zero-order chi connectivity index (χ0) is 11.5. The van der Waals surface area contributed by atoms with E-state index in [4.69, 9.17) is 4.74 Å². The first-order valence-corrected chi connectivity index (χ1v) is 6.04. The summed E-state index contributed by atoms with van der Waals surface area (Å²) in [6.07, 6.45) is 1.14. The number of hydrogen-bond donors (Lipinski definition) is 1. The van der Waals surface area contributed by atoms with Gasteiger partial charge in [-0.15, -0.1) is 0 Å². The van der Waals surface area contributed by atoms with Gasteiger partial charge in [0.1, 0.15) is 0 Å². The Morgan fingerprint density at radius 1 is 1.25 bits per heavy atom. The van der Waals surface area contributed by atoms with Crippen LogP contribution in [-0.4, -0.2) is 19.3 Å². The molecule has 1 N–H and O–H groups in total. The summed E-state index contributed by atoms with van der Waals surface area (Å²) in [6.45, 7) is 9.28. The molecule has 1 aromatic rings. The molecule has 0 aliphatic carbocycles. The Balaban J connectivity index is 2.03. The van der Waals surface area contributed by atoms with Crippen LogP contribution in [0.15, 0.2) is 12.1 Å². The Labute approximate surface area is 98.0 Å². The van der Waals surface area contributed by atoms with E-state index in [1.807, 2.05) is 0 Å². The average molecular weight is 219 g/mol. The van der Waals surface area contributed by atoms with Crippen molar-refractivity contribution >= 4 is 0 Å². The summed E-state index contributed by atoms with van der Waals surface area (Å²) in [5.74, 6) is 0. The SMILES string of the molecule is Cc1cc(C)c(CNC2CCOC2)c(C)c1. The molecule has 0 amide bonds. The number of rotatable bonds is 3. The number of hydrogen-bond acceptors (Lipinski definition) is 2. The lowest BCUT2D eigenvalue weighted by Crippen LogP contribution is -2.29. The normalized spacial score (nSPS) is 20.3. The molecule has 1 unspecified atom stereocenters. The zero-order valence-corrected chi connectivity index (χ0v) is 10.5. The van der Waals surface area contributed by atoms with E-state index < -0.39 is 0 Å². The van der Waals surface area contributed by atoms with Gasteiger partial charge in [0.15, 0.2) is 0 Å². The molecule has 1 heterocycles. The van der Waals surface area contributed by atoms with Crippen LogP contribution in [0.4, 0.5) is 0 Å². The summed E-state index contributed by atoms with van der Waals surface area (Å²) >= 11 is 0. The second kappa shape index (κ2) is 4.98. The van der Waals surface area contributed by atoms with Gasteiger partial charge in [-0.3, -0.25) is 0 Å². The maximum absolute atomic E-state index is 5.36. The van der Waals surface area contributed by atoms with E-state index >= 15 is 0 Å². The third-order valence-corrected chi connectivity index (χ3v) is 3.34. The van der Waals surface area contributed by atoms with Crippen LogP contribution in [0.1, 0.15) is 28.7 Å². The predicted molar refractivity (Wildman–Crippen MR) is 66.7 cm³/mol. The molecule has 88 valence electrons. The molecule has 0 saturated carbocycles. The van der Waals surface area contributed by atoms with E-state index in [-0.39, 0.29) is 0 Å². The molecule has 1 fully saturated rings. The van der Waals surface area contributed by atoms with Crippen LogP contribution in [0.25, 0.3) is 0 Å². The largest absolute Gasteiger partial charge is 0.380 e. The molecule has 1 atom stereocenters. The van der Waals surface area contributed by atoms with Crippen LogP contribution in [0, 0.1) is 20.8 Å². The van der Waals surface area contributed by atoms with Crippen LogP contribution < -0.4 is 5.32 Å². The molecule has 1 aliphatic heterocycles. The van der Waals surface area contributed by atoms with Crippen LogP contribution in [-0.2, 0) is 11.3 Å². The minimum absolute atomic E-state index is 0.542. The van der Waals surface area contributed by atoms with Gasteiger partial charge in [-0.25, -0.2) is 0 Å². The highest BCUT2D eigenvalue weighted by molar-refractivity contribution is 5.37. The van der Waals surface area contributed by atoms with Crippen LogP contribution >= 0.6 is 0 Å². The smallest absolute Gasteiger partial charge is 0.0620 e. The van der Waals surface area contributed by atoms with Gasteiger partial charge < -0.3 is 10.1 Å². The summed E-state index contributed by atoms with van der Waals surface area (Å²) in [6, 6.07) is 5.06. The summed E-state index contributed by atoms with van der Waals surface area (Å²) in [5.41, 5.74) is 5.58. The molecule has 2 nitrogen and oxygen atoms in total. The zero-order valence-electron chi connectivity index (χ0n) is 10.5. The molecule has 1 aromatic carbocycles. The second-order valence-electron chi connectivity index (χ2n) is 4.82. The highest BCUT2D eigenvalue weighted by Crippen LogP contribution is 2.16. The molecule has 1 aliphatic rings. The van der Waals surface area contributed by atoms with E-state index in [0.717, 1.165) is 26.2 Å². The molecule has 2 heteroatoms. The number of aryl methyl sites for hydroxylation is 3. The van der Waals surface area contributed by atoms with Crippen molar-refractivity contribution in [3.63, 3.8) is 0 Å². The monoisotopic (exact) mass is 219 g/mol. The highest BCUT2D eigenvalue weighted by atomic mass is 16.5. The lowest BCUT2D eigenvalue weighted by molar-refractivity contribution is 0.190. The van der Waals surface area contributed by atoms with Crippen LogP contribution in [0.5, 0.6) is 0 Å². The van der Waals surface area contributed by atoms with Gasteiger partial charge in [0.25, 0.3) is 0 Å². The molecule has 2 rings (SSSR count). The van der Waals surface area contributed by atoms with E-state index in [1.165, 1.54) is 22.3 Å². The van der Waals surface area contributed by atoms with Crippen molar-refractivity contribution in [1.82, 2.24) is 5.32 Å². The molecule has 0 bridgehead atoms. The highest BCUT2D eigenvalue weighted by Gasteiger charge is 2.15. The lowest BCUT2D eigenvalue weighted by Gasteiger charge is -2.15. The fourth-order valence-corrected chi connectivity index (χ4v) is 2.43. The first-order valence-electron chi connectivity index (χ1n) is 6.04. The third-order valence-electron chi connectivity index (χ3n) is 3.34. The van der Waals surface area contributed by atoms with E-state index in [0.29, 0.717) is 6.04 Å². The van der Waals surface area contributed by atoms with Crippen molar-refractivity contribution in [3.8, 4) is 0 Å². The average Bonchev–Trinajstić information content (AvgIpc) is 2.68. The van der Waals surface area contributed by atoms with Crippen molar-refractivity contribution < 1.29 is 4.74 Å². The number of nitrogens with one attached hydrogen (secondary N) is 1. The quantitative estimate of drug-likeness (QED) is 0.843. The lowest BCUT2D eigenvalue weighted by atomic mass is 9.99. The Hall–Kier alpha value is -0.860. The van der Waals surface area contributed by atoms with Gasteiger partial charge in [0.05, 0.1) is 6.61 Å². The van der Waals surface area contributed by atoms with Gasteiger partial charge in [0, 0.05) is 19.2 Å². The van der Waals surface area contributed by atoms with Gasteiger partial charge in [-0.1, -0.05) is 17.7 Å². The summed E-state index contributed by atoms with van der Waals surface area (Å²) in [4.78, 5) is 0. The molecule has 1 saturated heterocycles. The molecular weight excluding hydrogens is 198 g/mol. The second-order valence-corrected chi connectivity index (χ2v) is 4.82.